The van der Waals surface area contributed by atoms with E-state index in [9.17, 15) is 4.79 Å². The Morgan fingerprint density at radius 2 is 1.65 bits per heavy atom. The van der Waals surface area contributed by atoms with Gasteiger partial charge in [-0.2, -0.15) is 0 Å². The van der Waals surface area contributed by atoms with E-state index in [4.69, 9.17) is 4.74 Å². The zero-order valence-electron chi connectivity index (χ0n) is 21.0. The number of nitrogens with one attached hydrogen (secondary N) is 1. The Balaban J connectivity index is 1.70. The van der Waals surface area contributed by atoms with Crippen LogP contribution >= 0.6 is 11.8 Å². The molecule has 0 aliphatic carbocycles. The lowest BCUT2D eigenvalue weighted by Gasteiger charge is -2.20. The monoisotopic (exact) mass is 480 g/mol. The molecule has 34 heavy (non-hydrogen) atoms. The van der Waals surface area contributed by atoms with E-state index in [1.165, 1.54) is 17.3 Å². The van der Waals surface area contributed by atoms with Crippen molar-refractivity contribution in [3.05, 3.63) is 71.5 Å². The van der Waals surface area contributed by atoms with Crippen molar-refractivity contribution in [1.29, 1.82) is 0 Å². The molecule has 0 bridgehead atoms. The molecular weight excluding hydrogens is 444 g/mol. The van der Waals surface area contributed by atoms with Gasteiger partial charge in [0, 0.05) is 6.54 Å². The van der Waals surface area contributed by atoms with Gasteiger partial charge in [-0.1, -0.05) is 88.0 Å². The highest BCUT2D eigenvalue weighted by atomic mass is 32.2. The summed E-state index contributed by atoms with van der Waals surface area (Å²) in [6.45, 7) is 13.4. The SMILES string of the molecule is CC(C)Cn1c(SCC(=O)NC(C)c2ccccc2)nnc1C(C)Oc1ccccc1C(C)C. The van der Waals surface area contributed by atoms with E-state index < -0.39 is 0 Å². The van der Waals surface area contributed by atoms with Gasteiger partial charge in [0.05, 0.1) is 11.8 Å². The number of thioether (sulfide) groups is 1. The minimum absolute atomic E-state index is 0.0304. The highest BCUT2D eigenvalue weighted by Gasteiger charge is 2.22. The number of carbonyl (C=O) groups excluding carboxylic acids is 1. The van der Waals surface area contributed by atoms with Crippen LogP contribution in [0.25, 0.3) is 0 Å². The van der Waals surface area contributed by atoms with Crippen molar-refractivity contribution in [3.8, 4) is 5.75 Å². The van der Waals surface area contributed by atoms with E-state index in [1.807, 2.05) is 62.4 Å². The van der Waals surface area contributed by atoms with Gasteiger partial charge in [0.2, 0.25) is 5.91 Å². The maximum Gasteiger partial charge on any atom is 0.230 e. The second-order valence-electron chi connectivity index (χ2n) is 9.29. The number of hydrogen-bond acceptors (Lipinski definition) is 5. The van der Waals surface area contributed by atoms with E-state index in [-0.39, 0.29) is 23.8 Å². The van der Waals surface area contributed by atoms with Crippen LogP contribution in [0.1, 0.15) is 76.6 Å². The van der Waals surface area contributed by atoms with Gasteiger partial charge in [0.15, 0.2) is 17.1 Å². The summed E-state index contributed by atoms with van der Waals surface area (Å²) < 4.78 is 8.43. The number of rotatable bonds is 11. The number of amides is 1. The Hall–Kier alpha value is -2.80. The summed E-state index contributed by atoms with van der Waals surface area (Å²) in [6, 6.07) is 18.0. The molecule has 0 aliphatic rings. The predicted octanol–water partition coefficient (Wildman–Crippen LogP) is 6.17. The zero-order valence-corrected chi connectivity index (χ0v) is 21.8. The van der Waals surface area contributed by atoms with Gasteiger partial charge in [0.25, 0.3) is 0 Å². The molecule has 1 heterocycles. The largest absolute Gasteiger partial charge is 0.482 e. The van der Waals surface area contributed by atoms with Crippen molar-refractivity contribution in [1.82, 2.24) is 20.1 Å². The van der Waals surface area contributed by atoms with Gasteiger partial charge in [-0.25, -0.2) is 0 Å². The molecule has 3 aromatic rings. The minimum Gasteiger partial charge on any atom is -0.482 e. The molecule has 3 rings (SSSR count). The molecule has 1 amide bonds. The van der Waals surface area contributed by atoms with Gasteiger partial charge < -0.3 is 14.6 Å². The summed E-state index contributed by atoms with van der Waals surface area (Å²) >= 11 is 1.41. The molecule has 6 nitrogen and oxygen atoms in total. The quantitative estimate of drug-likeness (QED) is 0.333. The number of nitrogens with zero attached hydrogens (tertiary/aromatic N) is 3. The third kappa shape index (κ3) is 6.86. The molecular formula is C27H36N4O2S. The topological polar surface area (TPSA) is 69.0 Å². The summed E-state index contributed by atoms with van der Waals surface area (Å²) in [7, 11) is 0. The van der Waals surface area contributed by atoms with Crippen molar-refractivity contribution in [2.24, 2.45) is 5.92 Å². The van der Waals surface area contributed by atoms with Crippen LogP contribution in [-0.4, -0.2) is 26.4 Å². The summed E-state index contributed by atoms with van der Waals surface area (Å²) in [5, 5.41) is 12.7. The molecule has 2 aromatic carbocycles. The average molecular weight is 481 g/mol. The highest BCUT2D eigenvalue weighted by molar-refractivity contribution is 7.99. The van der Waals surface area contributed by atoms with Gasteiger partial charge in [-0.15, -0.1) is 10.2 Å². The second kappa shape index (κ2) is 12.1. The number of para-hydroxylation sites is 1. The highest BCUT2D eigenvalue weighted by Crippen LogP contribution is 2.31. The first kappa shape index (κ1) is 25.8. The molecule has 0 aliphatic heterocycles. The second-order valence-corrected chi connectivity index (χ2v) is 10.2. The lowest BCUT2D eigenvalue weighted by atomic mass is 10.0. The lowest BCUT2D eigenvalue weighted by molar-refractivity contribution is -0.119. The Labute approximate surface area is 207 Å². The van der Waals surface area contributed by atoms with Crippen LogP contribution in [-0.2, 0) is 11.3 Å². The van der Waals surface area contributed by atoms with Crippen molar-refractivity contribution in [2.75, 3.05) is 5.75 Å². The first-order valence-corrected chi connectivity index (χ1v) is 12.9. The molecule has 7 heteroatoms. The molecule has 0 fully saturated rings. The fourth-order valence-electron chi connectivity index (χ4n) is 3.79. The first-order chi connectivity index (χ1) is 16.3. The van der Waals surface area contributed by atoms with Gasteiger partial charge >= 0.3 is 0 Å². The standard InChI is InChI=1S/C27H36N4O2S/c1-18(2)16-31-26(21(6)33-24-15-11-10-14-23(24)19(3)4)29-30-27(31)34-17-25(32)28-20(5)22-12-8-7-9-13-22/h7-15,18-21H,16-17H2,1-6H3,(H,28,32). The maximum atomic E-state index is 12.6. The fraction of sp³-hybridized carbons (Fsp3) is 0.444. The molecule has 0 saturated heterocycles. The molecule has 2 unspecified atom stereocenters. The molecule has 0 saturated carbocycles. The Morgan fingerprint density at radius 3 is 2.32 bits per heavy atom. The van der Waals surface area contributed by atoms with Crippen LogP contribution < -0.4 is 10.1 Å². The normalized spacial score (nSPS) is 13.2. The van der Waals surface area contributed by atoms with E-state index in [0.29, 0.717) is 11.8 Å². The predicted molar refractivity (Wildman–Crippen MR) is 138 cm³/mol. The summed E-state index contributed by atoms with van der Waals surface area (Å²) in [5.74, 6) is 2.65. The summed E-state index contributed by atoms with van der Waals surface area (Å²) in [4.78, 5) is 12.6. The Bertz CT molecular complexity index is 1070. The van der Waals surface area contributed by atoms with Crippen LogP contribution in [0.15, 0.2) is 59.8 Å². The van der Waals surface area contributed by atoms with Crippen molar-refractivity contribution in [3.63, 3.8) is 0 Å². The van der Waals surface area contributed by atoms with Crippen LogP contribution in [0.5, 0.6) is 5.75 Å². The van der Waals surface area contributed by atoms with E-state index >= 15 is 0 Å². The van der Waals surface area contributed by atoms with Gasteiger partial charge in [0.1, 0.15) is 5.75 Å². The van der Waals surface area contributed by atoms with E-state index in [1.54, 1.807) is 0 Å². The number of aromatic nitrogens is 3. The number of hydrogen-bond donors (Lipinski definition) is 1. The Morgan fingerprint density at radius 1 is 0.971 bits per heavy atom. The summed E-state index contributed by atoms with van der Waals surface area (Å²) in [5.41, 5.74) is 2.25. The smallest absolute Gasteiger partial charge is 0.230 e. The van der Waals surface area contributed by atoms with Gasteiger partial charge in [-0.3, -0.25) is 4.79 Å². The molecule has 2 atom stereocenters. The van der Waals surface area contributed by atoms with Crippen LogP contribution in [0.3, 0.4) is 0 Å². The molecule has 0 radical (unpaired) electrons. The third-order valence-corrected chi connectivity index (χ3v) is 6.48. The first-order valence-electron chi connectivity index (χ1n) is 11.9. The number of carbonyl (C=O) groups is 1. The maximum absolute atomic E-state index is 12.6. The fourth-order valence-corrected chi connectivity index (χ4v) is 4.56. The molecule has 182 valence electrons. The molecule has 0 spiro atoms. The van der Waals surface area contributed by atoms with E-state index in [0.717, 1.165) is 28.8 Å². The lowest BCUT2D eigenvalue weighted by Crippen LogP contribution is -2.28. The third-order valence-electron chi connectivity index (χ3n) is 5.51. The zero-order chi connectivity index (χ0) is 24.7. The molecule has 1 aromatic heterocycles. The summed E-state index contributed by atoms with van der Waals surface area (Å²) in [6.07, 6.45) is -0.271. The van der Waals surface area contributed by atoms with Crippen molar-refractivity contribution >= 4 is 17.7 Å². The van der Waals surface area contributed by atoms with Crippen molar-refractivity contribution in [2.45, 2.75) is 71.3 Å². The van der Waals surface area contributed by atoms with Crippen molar-refractivity contribution < 1.29 is 9.53 Å². The average Bonchev–Trinajstić information content (AvgIpc) is 3.20. The Kier molecular flexibility index (Phi) is 9.16. The van der Waals surface area contributed by atoms with Crippen LogP contribution in [0.2, 0.25) is 0 Å². The number of ether oxygens (including phenoxy) is 1. The van der Waals surface area contributed by atoms with Gasteiger partial charge in [-0.05, 0) is 42.9 Å². The van der Waals surface area contributed by atoms with Crippen LogP contribution in [0, 0.1) is 5.92 Å². The van der Waals surface area contributed by atoms with Crippen LogP contribution in [0.4, 0.5) is 0 Å². The minimum atomic E-state index is -0.271. The molecule has 1 N–H and O–H groups in total. The van der Waals surface area contributed by atoms with E-state index in [2.05, 4.69) is 53.8 Å². The number of benzene rings is 2.